The van der Waals surface area contributed by atoms with Crippen molar-refractivity contribution in [2.75, 3.05) is 5.75 Å². The topological polar surface area (TPSA) is 115 Å². The molecular formula is C22H27N3O4S. The standard InChI is InChI=1S/C22H27N3O4S/c1-4-5-15-6-8-16(9-7-15)21(14(2)3)24-20(26)13-30-19-11-10-17(22(23)27)12-18(19)25(28)29/h6-12,14,21H,4-5,13H2,1-3H3,(H2,23,27)(H,24,26). The fourth-order valence-electron chi connectivity index (χ4n) is 3.11. The lowest BCUT2D eigenvalue weighted by Crippen LogP contribution is -2.33. The van der Waals surface area contributed by atoms with E-state index in [0.717, 1.165) is 36.2 Å². The lowest BCUT2D eigenvalue weighted by Gasteiger charge is -2.23. The SMILES string of the molecule is CCCc1ccc(C(NC(=O)CSc2ccc(C(N)=O)cc2[N+](=O)[O-])C(C)C)cc1. The minimum absolute atomic E-state index is 0.0217. The van der Waals surface area contributed by atoms with Gasteiger partial charge in [0, 0.05) is 11.6 Å². The number of carbonyl (C=O) groups excluding carboxylic acids is 2. The van der Waals surface area contributed by atoms with Gasteiger partial charge >= 0.3 is 0 Å². The number of primary amides is 1. The van der Waals surface area contributed by atoms with E-state index in [2.05, 4.69) is 24.4 Å². The van der Waals surface area contributed by atoms with E-state index in [4.69, 9.17) is 5.73 Å². The van der Waals surface area contributed by atoms with Gasteiger partial charge in [0.2, 0.25) is 11.8 Å². The lowest BCUT2D eigenvalue weighted by molar-refractivity contribution is -0.387. The molecule has 0 saturated carbocycles. The van der Waals surface area contributed by atoms with E-state index < -0.39 is 10.8 Å². The van der Waals surface area contributed by atoms with Crippen LogP contribution in [0.4, 0.5) is 5.69 Å². The van der Waals surface area contributed by atoms with Gasteiger partial charge in [-0.2, -0.15) is 0 Å². The van der Waals surface area contributed by atoms with E-state index in [0.29, 0.717) is 4.90 Å². The highest BCUT2D eigenvalue weighted by Gasteiger charge is 2.21. The maximum atomic E-state index is 12.6. The number of thioether (sulfide) groups is 1. The van der Waals surface area contributed by atoms with Crippen molar-refractivity contribution in [3.8, 4) is 0 Å². The second-order valence-corrected chi connectivity index (χ2v) is 8.39. The molecule has 0 aliphatic carbocycles. The molecule has 2 aromatic rings. The number of nitro benzene ring substituents is 1. The highest BCUT2D eigenvalue weighted by Crippen LogP contribution is 2.30. The summed E-state index contributed by atoms with van der Waals surface area (Å²) in [5.74, 6) is -0.754. The molecule has 7 nitrogen and oxygen atoms in total. The van der Waals surface area contributed by atoms with Crippen molar-refractivity contribution < 1.29 is 14.5 Å². The summed E-state index contributed by atoms with van der Waals surface area (Å²) >= 11 is 1.06. The normalized spacial score (nSPS) is 11.9. The van der Waals surface area contributed by atoms with E-state index in [1.165, 1.54) is 17.7 Å². The lowest BCUT2D eigenvalue weighted by atomic mass is 9.94. The van der Waals surface area contributed by atoms with Crippen LogP contribution in [0.5, 0.6) is 0 Å². The maximum absolute atomic E-state index is 12.6. The summed E-state index contributed by atoms with van der Waals surface area (Å²) in [6, 6.07) is 12.1. The Morgan fingerprint density at radius 1 is 1.17 bits per heavy atom. The predicted octanol–water partition coefficient (Wildman–Crippen LogP) is 4.25. The number of aryl methyl sites for hydroxylation is 1. The molecule has 160 valence electrons. The molecule has 1 atom stereocenters. The largest absolute Gasteiger partial charge is 0.366 e. The van der Waals surface area contributed by atoms with Gasteiger partial charge < -0.3 is 11.1 Å². The molecule has 0 aromatic heterocycles. The van der Waals surface area contributed by atoms with Crippen LogP contribution in [0.25, 0.3) is 0 Å². The molecule has 0 spiro atoms. The number of rotatable bonds is 10. The summed E-state index contributed by atoms with van der Waals surface area (Å²) < 4.78 is 0. The third-order valence-electron chi connectivity index (χ3n) is 4.66. The number of nitrogens with one attached hydrogen (secondary N) is 1. The third kappa shape index (κ3) is 6.32. The van der Waals surface area contributed by atoms with Crippen molar-refractivity contribution in [2.45, 2.75) is 44.6 Å². The zero-order valence-corrected chi connectivity index (χ0v) is 18.2. The van der Waals surface area contributed by atoms with E-state index in [-0.39, 0.29) is 34.9 Å². The third-order valence-corrected chi connectivity index (χ3v) is 5.72. The van der Waals surface area contributed by atoms with Crippen molar-refractivity contribution in [1.29, 1.82) is 0 Å². The summed E-state index contributed by atoms with van der Waals surface area (Å²) in [6.45, 7) is 6.20. The van der Waals surface area contributed by atoms with Crippen LogP contribution >= 0.6 is 11.8 Å². The Bertz CT molecular complexity index is 913. The molecule has 3 N–H and O–H groups in total. The van der Waals surface area contributed by atoms with E-state index in [1.54, 1.807) is 0 Å². The van der Waals surface area contributed by atoms with Crippen LogP contribution in [0.15, 0.2) is 47.4 Å². The first-order chi connectivity index (χ1) is 14.2. The van der Waals surface area contributed by atoms with Crippen LogP contribution in [-0.2, 0) is 11.2 Å². The summed E-state index contributed by atoms with van der Waals surface area (Å²) in [4.78, 5) is 34.8. The molecule has 0 heterocycles. The molecule has 2 amide bonds. The molecule has 2 aromatic carbocycles. The molecule has 8 heteroatoms. The summed E-state index contributed by atoms with van der Waals surface area (Å²) in [7, 11) is 0. The first-order valence-corrected chi connectivity index (χ1v) is 10.8. The van der Waals surface area contributed by atoms with Crippen LogP contribution in [0.3, 0.4) is 0 Å². The zero-order chi connectivity index (χ0) is 22.3. The fourth-order valence-corrected chi connectivity index (χ4v) is 3.92. The van der Waals surface area contributed by atoms with Crippen molar-refractivity contribution in [3.63, 3.8) is 0 Å². The number of amides is 2. The average molecular weight is 430 g/mol. The van der Waals surface area contributed by atoms with Gasteiger partial charge in [-0.3, -0.25) is 19.7 Å². The second-order valence-electron chi connectivity index (χ2n) is 7.37. The van der Waals surface area contributed by atoms with E-state index >= 15 is 0 Å². The Labute approximate surface area is 180 Å². The number of benzene rings is 2. The molecule has 0 radical (unpaired) electrons. The number of hydrogen-bond acceptors (Lipinski definition) is 5. The Morgan fingerprint density at radius 3 is 2.37 bits per heavy atom. The Balaban J connectivity index is 2.08. The van der Waals surface area contributed by atoms with Crippen LogP contribution in [-0.4, -0.2) is 22.5 Å². The molecule has 0 fully saturated rings. The number of nitrogens with zero attached hydrogens (tertiary/aromatic N) is 1. The van der Waals surface area contributed by atoms with Gasteiger partial charge in [0.1, 0.15) is 0 Å². The minimum atomic E-state index is -0.739. The predicted molar refractivity (Wildman–Crippen MR) is 118 cm³/mol. The maximum Gasteiger partial charge on any atom is 0.283 e. The van der Waals surface area contributed by atoms with E-state index in [1.807, 2.05) is 26.0 Å². The molecule has 0 saturated heterocycles. The number of hydrogen-bond donors (Lipinski definition) is 2. The van der Waals surface area contributed by atoms with Crippen molar-refractivity contribution in [3.05, 3.63) is 69.3 Å². The zero-order valence-electron chi connectivity index (χ0n) is 17.4. The number of nitro groups is 1. The molecule has 2 rings (SSSR count). The van der Waals surface area contributed by atoms with Gasteiger partial charge in [-0.25, -0.2) is 0 Å². The van der Waals surface area contributed by atoms with Crippen LogP contribution < -0.4 is 11.1 Å². The van der Waals surface area contributed by atoms with Gasteiger partial charge in [-0.15, -0.1) is 11.8 Å². The van der Waals surface area contributed by atoms with Crippen LogP contribution in [0, 0.1) is 16.0 Å². The average Bonchev–Trinajstić information content (AvgIpc) is 2.71. The first kappa shape index (κ1) is 23.4. The quantitative estimate of drug-likeness (QED) is 0.333. The molecule has 0 aliphatic rings. The van der Waals surface area contributed by atoms with E-state index in [9.17, 15) is 19.7 Å². The van der Waals surface area contributed by atoms with Crippen molar-refractivity contribution >= 4 is 29.3 Å². The monoisotopic (exact) mass is 429 g/mol. The summed E-state index contributed by atoms with van der Waals surface area (Å²) in [6.07, 6.45) is 2.09. The van der Waals surface area contributed by atoms with Gasteiger partial charge in [0.15, 0.2) is 0 Å². The smallest absolute Gasteiger partial charge is 0.283 e. The highest BCUT2D eigenvalue weighted by atomic mass is 32.2. The summed E-state index contributed by atoms with van der Waals surface area (Å²) in [5, 5.41) is 14.3. The Hall–Kier alpha value is -2.87. The van der Waals surface area contributed by atoms with Crippen molar-refractivity contribution in [2.24, 2.45) is 11.7 Å². The highest BCUT2D eigenvalue weighted by molar-refractivity contribution is 8.00. The molecule has 1 unspecified atom stereocenters. The fraction of sp³-hybridized carbons (Fsp3) is 0.364. The number of nitrogens with two attached hydrogens (primary N) is 1. The van der Waals surface area contributed by atoms with Crippen LogP contribution in [0.2, 0.25) is 0 Å². The number of carbonyl (C=O) groups is 2. The van der Waals surface area contributed by atoms with Gasteiger partial charge in [-0.05, 0) is 35.6 Å². The van der Waals surface area contributed by atoms with Gasteiger partial charge in [0.05, 0.1) is 21.6 Å². The minimum Gasteiger partial charge on any atom is -0.366 e. The van der Waals surface area contributed by atoms with Crippen LogP contribution in [0.1, 0.15) is 54.7 Å². The molecule has 0 bridgehead atoms. The first-order valence-electron chi connectivity index (χ1n) is 9.82. The molecular weight excluding hydrogens is 402 g/mol. The molecule has 0 aliphatic heterocycles. The van der Waals surface area contributed by atoms with Crippen molar-refractivity contribution in [1.82, 2.24) is 5.32 Å². The Morgan fingerprint density at radius 2 is 1.83 bits per heavy atom. The molecule has 30 heavy (non-hydrogen) atoms. The Kier molecular flexibility index (Phi) is 8.41. The summed E-state index contributed by atoms with van der Waals surface area (Å²) in [5.41, 5.74) is 7.29. The van der Waals surface area contributed by atoms with Gasteiger partial charge in [-0.1, -0.05) is 51.5 Å². The van der Waals surface area contributed by atoms with Gasteiger partial charge in [0.25, 0.3) is 5.69 Å². The second kappa shape index (κ2) is 10.8.